The van der Waals surface area contributed by atoms with E-state index in [1.165, 1.54) is 5.39 Å². The van der Waals surface area contributed by atoms with Crippen LogP contribution in [0.25, 0.3) is 22.2 Å². The van der Waals surface area contributed by atoms with Crippen LogP contribution in [0.4, 0.5) is 0 Å². The van der Waals surface area contributed by atoms with Crippen molar-refractivity contribution in [3.8, 4) is 11.3 Å². The topological polar surface area (TPSA) is 12.9 Å². The van der Waals surface area contributed by atoms with Crippen molar-refractivity contribution in [2.75, 3.05) is 0 Å². The van der Waals surface area contributed by atoms with Crippen LogP contribution < -0.4 is 0 Å². The van der Waals surface area contributed by atoms with Crippen molar-refractivity contribution < 1.29 is 0 Å². The Labute approximate surface area is 149 Å². The fourth-order valence-corrected chi connectivity index (χ4v) is 1.84. The third kappa shape index (κ3) is 7.92. The SMILES string of the molecule is CC.CC.CC.CC.c1ccc(-c2ccc3ccccc3n2)cc1. The van der Waals surface area contributed by atoms with Crippen LogP contribution >= 0.6 is 0 Å². The van der Waals surface area contributed by atoms with Crippen LogP contribution in [0.3, 0.4) is 0 Å². The Bertz CT molecular complexity index is 615. The molecule has 0 fully saturated rings. The largest absolute Gasteiger partial charge is 0.248 e. The van der Waals surface area contributed by atoms with Gasteiger partial charge in [-0.3, -0.25) is 0 Å². The van der Waals surface area contributed by atoms with Gasteiger partial charge in [0, 0.05) is 10.9 Å². The summed E-state index contributed by atoms with van der Waals surface area (Å²) >= 11 is 0. The van der Waals surface area contributed by atoms with E-state index in [0.717, 1.165) is 16.8 Å². The van der Waals surface area contributed by atoms with Crippen LogP contribution in [-0.4, -0.2) is 4.98 Å². The minimum absolute atomic E-state index is 1.03. The maximum absolute atomic E-state index is 4.65. The van der Waals surface area contributed by atoms with Gasteiger partial charge in [0.05, 0.1) is 11.2 Å². The summed E-state index contributed by atoms with van der Waals surface area (Å²) in [5, 5.41) is 1.18. The first kappa shape index (κ1) is 24.1. The summed E-state index contributed by atoms with van der Waals surface area (Å²) in [4.78, 5) is 4.65. The van der Waals surface area contributed by atoms with E-state index in [2.05, 4.69) is 35.3 Å². The number of hydrogen-bond donors (Lipinski definition) is 0. The normalized spacial score (nSPS) is 8.00. The summed E-state index contributed by atoms with van der Waals surface area (Å²) in [5.74, 6) is 0. The Morgan fingerprint density at radius 1 is 0.500 bits per heavy atom. The van der Waals surface area contributed by atoms with Crippen molar-refractivity contribution in [3.63, 3.8) is 0 Å². The zero-order valence-electron chi connectivity index (χ0n) is 16.8. The van der Waals surface area contributed by atoms with Crippen LogP contribution in [0.5, 0.6) is 0 Å². The lowest BCUT2D eigenvalue weighted by atomic mass is 10.1. The quantitative estimate of drug-likeness (QED) is 0.441. The van der Waals surface area contributed by atoms with Gasteiger partial charge < -0.3 is 0 Å². The highest BCUT2D eigenvalue weighted by molar-refractivity contribution is 5.81. The number of rotatable bonds is 1. The Morgan fingerprint density at radius 2 is 1.00 bits per heavy atom. The smallest absolute Gasteiger partial charge is 0.0709 e. The molecule has 0 unspecified atom stereocenters. The number of aromatic nitrogens is 1. The maximum Gasteiger partial charge on any atom is 0.0709 e. The van der Waals surface area contributed by atoms with Gasteiger partial charge in [-0.05, 0) is 12.1 Å². The zero-order valence-corrected chi connectivity index (χ0v) is 16.8. The van der Waals surface area contributed by atoms with E-state index in [1.807, 2.05) is 91.8 Å². The van der Waals surface area contributed by atoms with Gasteiger partial charge in [0.2, 0.25) is 0 Å². The van der Waals surface area contributed by atoms with Crippen molar-refractivity contribution >= 4 is 10.9 Å². The van der Waals surface area contributed by atoms with E-state index in [-0.39, 0.29) is 0 Å². The molecule has 0 saturated heterocycles. The molecule has 0 bridgehead atoms. The van der Waals surface area contributed by atoms with Crippen LogP contribution in [0.15, 0.2) is 66.7 Å². The number of fused-ring (bicyclic) bond motifs is 1. The molecule has 0 N–H and O–H groups in total. The van der Waals surface area contributed by atoms with Gasteiger partial charge in [0.1, 0.15) is 0 Å². The number of hydrogen-bond acceptors (Lipinski definition) is 1. The van der Waals surface area contributed by atoms with Crippen LogP contribution in [0.1, 0.15) is 55.4 Å². The average Bonchev–Trinajstić information content (AvgIpc) is 2.74. The zero-order chi connectivity index (χ0) is 18.8. The summed E-state index contributed by atoms with van der Waals surface area (Å²) < 4.78 is 0. The predicted molar refractivity (Wildman–Crippen MR) is 113 cm³/mol. The second-order valence-corrected chi connectivity index (χ2v) is 3.76. The summed E-state index contributed by atoms with van der Waals surface area (Å²) in [5.41, 5.74) is 3.23. The van der Waals surface area contributed by atoms with Crippen molar-refractivity contribution in [1.29, 1.82) is 0 Å². The monoisotopic (exact) mass is 325 g/mol. The molecular weight excluding hydrogens is 290 g/mol. The number of nitrogens with zero attached hydrogens (tertiary/aromatic N) is 1. The Balaban J connectivity index is 0. The lowest BCUT2D eigenvalue weighted by Gasteiger charge is -2.02. The highest BCUT2D eigenvalue weighted by Crippen LogP contribution is 2.20. The van der Waals surface area contributed by atoms with E-state index in [4.69, 9.17) is 0 Å². The molecule has 0 spiro atoms. The molecule has 3 rings (SSSR count). The molecular formula is C23H35N. The van der Waals surface area contributed by atoms with Crippen molar-refractivity contribution in [2.45, 2.75) is 55.4 Å². The van der Waals surface area contributed by atoms with E-state index in [0.29, 0.717) is 0 Å². The van der Waals surface area contributed by atoms with Gasteiger partial charge in [-0.1, -0.05) is 110 Å². The molecule has 0 saturated carbocycles. The minimum Gasteiger partial charge on any atom is -0.248 e. The summed E-state index contributed by atoms with van der Waals surface area (Å²) in [6.45, 7) is 16.0. The summed E-state index contributed by atoms with van der Waals surface area (Å²) in [6, 6.07) is 22.6. The Morgan fingerprint density at radius 3 is 1.58 bits per heavy atom. The van der Waals surface area contributed by atoms with Gasteiger partial charge in [-0.2, -0.15) is 0 Å². The van der Waals surface area contributed by atoms with Crippen LogP contribution in [-0.2, 0) is 0 Å². The van der Waals surface area contributed by atoms with Gasteiger partial charge in [0.25, 0.3) is 0 Å². The van der Waals surface area contributed by atoms with E-state index in [9.17, 15) is 0 Å². The number of benzene rings is 2. The maximum atomic E-state index is 4.65. The van der Waals surface area contributed by atoms with E-state index >= 15 is 0 Å². The predicted octanol–water partition coefficient (Wildman–Crippen LogP) is 8.01. The lowest BCUT2D eigenvalue weighted by Crippen LogP contribution is -1.84. The fourth-order valence-electron chi connectivity index (χ4n) is 1.84. The first-order valence-electron chi connectivity index (χ1n) is 9.35. The fraction of sp³-hybridized carbons (Fsp3) is 0.348. The molecule has 1 aromatic heterocycles. The third-order valence-electron chi connectivity index (χ3n) is 2.67. The van der Waals surface area contributed by atoms with Crippen molar-refractivity contribution in [2.24, 2.45) is 0 Å². The molecule has 2 aromatic carbocycles. The second-order valence-electron chi connectivity index (χ2n) is 3.76. The van der Waals surface area contributed by atoms with Crippen molar-refractivity contribution in [1.82, 2.24) is 4.98 Å². The third-order valence-corrected chi connectivity index (χ3v) is 2.67. The van der Waals surface area contributed by atoms with Crippen LogP contribution in [0.2, 0.25) is 0 Å². The molecule has 24 heavy (non-hydrogen) atoms. The first-order chi connectivity index (χ1) is 11.9. The molecule has 0 aliphatic heterocycles. The lowest BCUT2D eigenvalue weighted by molar-refractivity contribution is 1.40. The molecule has 0 atom stereocenters. The second kappa shape index (κ2) is 17.2. The summed E-state index contributed by atoms with van der Waals surface area (Å²) in [6.07, 6.45) is 0. The highest BCUT2D eigenvalue weighted by Gasteiger charge is 1.99. The molecule has 132 valence electrons. The number of para-hydroxylation sites is 1. The van der Waals surface area contributed by atoms with Crippen molar-refractivity contribution in [3.05, 3.63) is 66.7 Å². The molecule has 1 heterocycles. The standard InChI is InChI=1S/C15H11N.4C2H6/c1-2-6-12(7-3-1)15-11-10-13-8-4-5-9-14(13)16-15;4*1-2/h1-11H;4*1-2H3. The Hall–Kier alpha value is -2.15. The molecule has 0 aliphatic rings. The Kier molecular flexibility index (Phi) is 17.3. The average molecular weight is 326 g/mol. The molecule has 1 heteroatoms. The molecule has 0 amide bonds. The summed E-state index contributed by atoms with van der Waals surface area (Å²) in [7, 11) is 0. The van der Waals surface area contributed by atoms with Gasteiger partial charge >= 0.3 is 0 Å². The van der Waals surface area contributed by atoms with Gasteiger partial charge in [-0.25, -0.2) is 4.98 Å². The highest BCUT2D eigenvalue weighted by atomic mass is 14.7. The molecule has 1 nitrogen and oxygen atoms in total. The van der Waals surface area contributed by atoms with E-state index in [1.54, 1.807) is 0 Å². The van der Waals surface area contributed by atoms with Crippen LogP contribution in [0, 0.1) is 0 Å². The van der Waals surface area contributed by atoms with E-state index < -0.39 is 0 Å². The van der Waals surface area contributed by atoms with Gasteiger partial charge in [-0.15, -0.1) is 0 Å². The molecule has 0 radical (unpaired) electrons. The molecule has 0 aliphatic carbocycles. The van der Waals surface area contributed by atoms with Gasteiger partial charge in [0.15, 0.2) is 0 Å². The number of pyridine rings is 1. The molecule has 3 aromatic rings. The first-order valence-corrected chi connectivity index (χ1v) is 9.35. The minimum atomic E-state index is 1.03.